The van der Waals surface area contributed by atoms with Crippen LogP contribution in [0, 0.1) is 0 Å². The van der Waals surface area contributed by atoms with E-state index in [2.05, 4.69) is 15.5 Å². The van der Waals surface area contributed by atoms with Gasteiger partial charge in [0.15, 0.2) is 22.7 Å². The van der Waals surface area contributed by atoms with Gasteiger partial charge in [-0.3, -0.25) is 13.9 Å². The minimum Gasteiger partial charge on any atom is -0.493 e. The minimum atomic E-state index is -0.504. The molecule has 0 amide bonds. The number of methoxy groups -OCH3 is 2. The third-order valence-corrected chi connectivity index (χ3v) is 4.47. The standard InChI is InChI=1S/C18H22N6O5/c1-22-15-13(16(26)23(2)18(22)27)24(8-9-25)17(20-15)21-19-10-11-6-5-7-12(28-3)14(11)29-4/h5-7,10,25H,8-9H2,1-4H3,(H,20,21)/b19-10-. The molecule has 11 heteroatoms. The van der Waals surface area contributed by atoms with Crippen molar-refractivity contribution in [1.29, 1.82) is 0 Å². The summed E-state index contributed by atoms with van der Waals surface area (Å²) in [5.41, 5.74) is 2.82. The Hall–Kier alpha value is -3.60. The van der Waals surface area contributed by atoms with E-state index in [9.17, 15) is 14.7 Å². The van der Waals surface area contributed by atoms with Crippen LogP contribution < -0.4 is 26.1 Å². The highest BCUT2D eigenvalue weighted by Gasteiger charge is 2.18. The van der Waals surface area contributed by atoms with Gasteiger partial charge in [-0.25, -0.2) is 10.2 Å². The first-order chi connectivity index (χ1) is 13.9. The van der Waals surface area contributed by atoms with Crippen molar-refractivity contribution in [2.45, 2.75) is 6.54 Å². The third-order valence-electron chi connectivity index (χ3n) is 4.47. The maximum atomic E-state index is 12.6. The monoisotopic (exact) mass is 402 g/mol. The number of aromatic nitrogens is 4. The highest BCUT2D eigenvalue weighted by atomic mass is 16.5. The molecule has 1 aromatic carbocycles. The number of para-hydroxylation sites is 1. The largest absolute Gasteiger partial charge is 0.493 e. The maximum Gasteiger partial charge on any atom is 0.332 e. The molecule has 0 saturated heterocycles. The predicted octanol–water partition coefficient (Wildman–Crippen LogP) is -0.111. The number of ether oxygens (including phenoxy) is 2. The van der Waals surface area contributed by atoms with Crippen LogP contribution in [-0.2, 0) is 20.6 Å². The Kier molecular flexibility index (Phi) is 5.69. The molecule has 0 spiro atoms. The molecule has 0 radical (unpaired) electrons. The zero-order valence-electron chi connectivity index (χ0n) is 16.5. The summed E-state index contributed by atoms with van der Waals surface area (Å²) in [6.45, 7) is -0.121. The van der Waals surface area contributed by atoms with Crippen molar-refractivity contribution >= 4 is 23.3 Å². The fraction of sp³-hybridized carbons (Fsp3) is 0.333. The van der Waals surface area contributed by atoms with E-state index in [1.807, 2.05) is 0 Å². The lowest BCUT2D eigenvalue weighted by molar-refractivity contribution is 0.278. The molecule has 3 aromatic rings. The number of hydrogen-bond donors (Lipinski definition) is 2. The molecule has 11 nitrogen and oxygen atoms in total. The SMILES string of the molecule is COc1cccc(/C=N\Nc2nc3c(c(=O)n(C)c(=O)n3C)n2CCO)c1OC. The van der Waals surface area contributed by atoms with Crippen LogP contribution in [0.25, 0.3) is 11.2 Å². The van der Waals surface area contributed by atoms with Crippen molar-refractivity contribution < 1.29 is 14.6 Å². The number of hydrogen-bond acceptors (Lipinski definition) is 8. The zero-order chi connectivity index (χ0) is 21.1. The second-order valence-electron chi connectivity index (χ2n) is 6.14. The molecular weight excluding hydrogens is 380 g/mol. The fourth-order valence-corrected chi connectivity index (χ4v) is 3.02. The quantitative estimate of drug-likeness (QED) is 0.417. The Balaban J connectivity index is 2.05. The van der Waals surface area contributed by atoms with Gasteiger partial charge in [0, 0.05) is 26.2 Å². The van der Waals surface area contributed by atoms with Crippen molar-refractivity contribution in [3.63, 3.8) is 0 Å². The average molecular weight is 402 g/mol. The Morgan fingerprint density at radius 3 is 2.62 bits per heavy atom. The summed E-state index contributed by atoms with van der Waals surface area (Å²) in [6.07, 6.45) is 1.52. The molecule has 2 N–H and O–H groups in total. The van der Waals surface area contributed by atoms with Gasteiger partial charge >= 0.3 is 5.69 Å². The van der Waals surface area contributed by atoms with E-state index in [-0.39, 0.29) is 30.3 Å². The Labute approximate surface area is 165 Å². The summed E-state index contributed by atoms with van der Waals surface area (Å²) in [7, 11) is 5.98. The molecule has 29 heavy (non-hydrogen) atoms. The van der Waals surface area contributed by atoms with Crippen molar-refractivity contribution in [3.8, 4) is 11.5 Å². The molecule has 0 atom stereocenters. The van der Waals surface area contributed by atoms with Crippen LogP contribution in [-0.4, -0.2) is 50.8 Å². The smallest absolute Gasteiger partial charge is 0.332 e. The highest BCUT2D eigenvalue weighted by molar-refractivity contribution is 5.85. The molecular formula is C18H22N6O5. The van der Waals surface area contributed by atoms with Gasteiger partial charge in [-0.05, 0) is 12.1 Å². The summed E-state index contributed by atoms with van der Waals surface area (Å²) >= 11 is 0. The lowest BCUT2D eigenvalue weighted by Crippen LogP contribution is -2.37. The zero-order valence-corrected chi connectivity index (χ0v) is 16.5. The maximum absolute atomic E-state index is 12.6. The summed E-state index contributed by atoms with van der Waals surface area (Å²) in [4.78, 5) is 29.1. The normalized spacial score (nSPS) is 11.3. The average Bonchev–Trinajstić information content (AvgIpc) is 3.09. The number of aryl methyl sites for hydroxylation is 1. The van der Waals surface area contributed by atoms with E-state index < -0.39 is 11.2 Å². The van der Waals surface area contributed by atoms with E-state index in [0.29, 0.717) is 17.1 Å². The Bertz CT molecular complexity index is 1190. The second-order valence-corrected chi connectivity index (χ2v) is 6.14. The van der Waals surface area contributed by atoms with Crippen molar-refractivity contribution in [2.75, 3.05) is 26.3 Å². The van der Waals surface area contributed by atoms with Gasteiger partial charge in [-0.15, -0.1) is 0 Å². The second kappa shape index (κ2) is 8.19. The van der Waals surface area contributed by atoms with Crippen molar-refractivity contribution in [3.05, 3.63) is 44.6 Å². The lowest BCUT2D eigenvalue weighted by atomic mass is 10.2. The van der Waals surface area contributed by atoms with Crippen LogP contribution in [0.3, 0.4) is 0 Å². The fourth-order valence-electron chi connectivity index (χ4n) is 3.02. The number of nitrogens with zero attached hydrogens (tertiary/aromatic N) is 5. The minimum absolute atomic E-state index is 0.101. The van der Waals surface area contributed by atoms with E-state index in [4.69, 9.17) is 9.47 Å². The summed E-state index contributed by atoms with van der Waals surface area (Å²) in [5, 5.41) is 13.6. The Morgan fingerprint density at radius 1 is 1.21 bits per heavy atom. The molecule has 0 unspecified atom stereocenters. The number of aliphatic hydroxyl groups excluding tert-OH is 1. The van der Waals surface area contributed by atoms with E-state index >= 15 is 0 Å². The molecule has 0 fully saturated rings. The first-order valence-electron chi connectivity index (χ1n) is 8.71. The first kappa shape index (κ1) is 20.1. The molecule has 0 aliphatic rings. The molecule has 2 heterocycles. The van der Waals surface area contributed by atoms with Gasteiger partial charge in [-0.1, -0.05) is 6.07 Å². The van der Waals surface area contributed by atoms with Crippen LogP contribution in [0.4, 0.5) is 5.95 Å². The van der Waals surface area contributed by atoms with E-state index in [1.165, 1.54) is 36.6 Å². The van der Waals surface area contributed by atoms with Gasteiger partial charge in [0.1, 0.15) is 0 Å². The molecule has 154 valence electrons. The third kappa shape index (κ3) is 3.47. The number of nitrogens with one attached hydrogen (secondary N) is 1. The number of benzene rings is 1. The number of hydrazone groups is 1. The Morgan fingerprint density at radius 2 is 1.97 bits per heavy atom. The summed E-state index contributed by atoms with van der Waals surface area (Å²) in [5.74, 6) is 1.29. The van der Waals surface area contributed by atoms with Crippen molar-refractivity contribution in [1.82, 2.24) is 18.7 Å². The van der Waals surface area contributed by atoms with Crippen LogP contribution >= 0.6 is 0 Å². The predicted molar refractivity (Wildman–Crippen MR) is 108 cm³/mol. The molecule has 3 rings (SSSR count). The van der Waals surface area contributed by atoms with Crippen LogP contribution in [0.5, 0.6) is 11.5 Å². The molecule has 2 aromatic heterocycles. The number of anilines is 1. The number of rotatable bonds is 7. The topological polar surface area (TPSA) is 125 Å². The number of aliphatic hydroxyl groups is 1. The number of imidazole rings is 1. The molecule has 0 bridgehead atoms. The molecule has 0 aliphatic heterocycles. The van der Waals surface area contributed by atoms with Gasteiger partial charge in [0.25, 0.3) is 5.56 Å². The van der Waals surface area contributed by atoms with Gasteiger partial charge < -0.3 is 19.1 Å². The summed E-state index contributed by atoms with van der Waals surface area (Å²) < 4.78 is 14.4. The highest BCUT2D eigenvalue weighted by Crippen LogP contribution is 2.29. The number of fused-ring (bicyclic) bond motifs is 1. The molecule has 0 aliphatic carbocycles. The lowest BCUT2D eigenvalue weighted by Gasteiger charge is -2.09. The van der Waals surface area contributed by atoms with Crippen LogP contribution in [0.1, 0.15) is 5.56 Å². The summed E-state index contributed by atoms with van der Waals surface area (Å²) in [6, 6.07) is 5.35. The molecule has 0 saturated carbocycles. The van der Waals surface area contributed by atoms with Crippen LogP contribution in [0.15, 0.2) is 32.9 Å². The first-order valence-corrected chi connectivity index (χ1v) is 8.71. The van der Waals surface area contributed by atoms with Gasteiger partial charge in [0.2, 0.25) is 5.95 Å². The van der Waals surface area contributed by atoms with E-state index in [0.717, 1.165) is 4.57 Å². The van der Waals surface area contributed by atoms with Gasteiger partial charge in [0.05, 0.1) is 27.0 Å². The van der Waals surface area contributed by atoms with Crippen molar-refractivity contribution in [2.24, 2.45) is 19.2 Å². The van der Waals surface area contributed by atoms with E-state index in [1.54, 1.807) is 25.3 Å². The van der Waals surface area contributed by atoms with Gasteiger partial charge in [-0.2, -0.15) is 10.1 Å². The van der Waals surface area contributed by atoms with Crippen LogP contribution in [0.2, 0.25) is 0 Å².